The lowest BCUT2D eigenvalue weighted by molar-refractivity contribution is -0.119. The second kappa shape index (κ2) is 9.96. The Hall–Kier alpha value is -3.85. The van der Waals surface area contributed by atoms with Gasteiger partial charge in [-0.25, -0.2) is 13.8 Å². The van der Waals surface area contributed by atoms with Crippen LogP contribution in [0.3, 0.4) is 0 Å². The summed E-state index contributed by atoms with van der Waals surface area (Å²) in [6.45, 7) is 4.18. The van der Waals surface area contributed by atoms with E-state index >= 15 is 0 Å². The number of fused-ring (bicyclic) bond motifs is 1. The molecule has 1 heterocycles. The van der Waals surface area contributed by atoms with Crippen LogP contribution < -0.4 is 19.2 Å². The second-order valence-corrected chi connectivity index (χ2v) is 9.64. The van der Waals surface area contributed by atoms with Crippen LogP contribution in [0.1, 0.15) is 16.7 Å². The Morgan fingerprint density at radius 2 is 1.79 bits per heavy atom. The summed E-state index contributed by atoms with van der Waals surface area (Å²) < 4.78 is 39.2. The normalized spacial score (nSPS) is 13.0. The van der Waals surface area contributed by atoms with Crippen LogP contribution in [0.15, 0.2) is 76.7 Å². The third-order valence-electron chi connectivity index (χ3n) is 5.23. The van der Waals surface area contributed by atoms with Crippen molar-refractivity contribution in [2.24, 2.45) is 5.10 Å². The molecule has 176 valence electrons. The molecule has 0 radical (unpaired) electrons. The Labute approximate surface area is 198 Å². The van der Waals surface area contributed by atoms with Crippen LogP contribution in [0.2, 0.25) is 0 Å². The second-order valence-electron chi connectivity index (χ2n) is 7.78. The van der Waals surface area contributed by atoms with Crippen LogP contribution in [-0.2, 0) is 14.8 Å². The van der Waals surface area contributed by atoms with E-state index in [0.717, 1.165) is 15.4 Å². The molecular formula is C25H25N3O5S. The Morgan fingerprint density at radius 1 is 1.03 bits per heavy atom. The fraction of sp³-hybridized carbons (Fsp3) is 0.200. The predicted molar refractivity (Wildman–Crippen MR) is 130 cm³/mol. The van der Waals surface area contributed by atoms with Crippen molar-refractivity contribution in [1.82, 2.24) is 5.43 Å². The standard InChI is InChI=1S/C25H25N3O5S/c1-18-11-12-22(19(2)15-18)28(34(30,31)21-8-4-3-5-9-21)17-24(29)27-26-16-20-7-6-10-23-25(20)33-14-13-32-23/h3-12,15-16H,13-14,17H2,1-2H3,(H,27,29)/b26-16+. The van der Waals surface area contributed by atoms with Crippen molar-refractivity contribution in [1.29, 1.82) is 0 Å². The number of sulfonamides is 1. The maximum absolute atomic E-state index is 13.4. The maximum atomic E-state index is 13.4. The molecule has 1 amide bonds. The quantitative estimate of drug-likeness (QED) is 0.414. The van der Waals surface area contributed by atoms with E-state index in [0.29, 0.717) is 36.0 Å². The van der Waals surface area contributed by atoms with Gasteiger partial charge in [0.25, 0.3) is 15.9 Å². The van der Waals surface area contributed by atoms with Crippen LogP contribution in [-0.4, -0.2) is 40.3 Å². The van der Waals surface area contributed by atoms with Gasteiger partial charge in [-0.15, -0.1) is 0 Å². The van der Waals surface area contributed by atoms with E-state index in [1.807, 2.05) is 26.0 Å². The fourth-order valence-corrected chi connectivity index (χ4v) is 5.15. The summed E-state index contributed by atoms with van der Waals surface area (Å²) in [5, 5.41) is 4.01. The zero-order chi connectivity index (χ0) is 24.1. The summed E-state index contributed by atoms with van der Waals surface area (Å²) >= 11 is 0. The van der Waals surface area contributed by atoms with E-state index in [-0.39, 0.29) is 4.90 Å². The monoisotopic (exact) mass is 479 g/mol. The number of nitrogens with one attached hydrogen (secondary N) is 1. The zero-order valence-electron chi connectivity index (χ0n) is 18.9. The Bertz CT molecular complexity index is 1320. The van der Waals surface area contributed by atoms with Gasteiger partial charge in [-0.3, -0.25) is 9.10 Å². The number of hydrogen-bond acceptors (Lipinski definition) is 6. The number of aryl methyl sites for hydroxylation is 2. The van der Waals surface area contributed by atoms with Crippen LogP contribution in [0.5, 0.6) is 11.5 Å². The van der Waals surface area contributed by atoms with Gasteiger partial charge < -0.3 is 9.47 Å². The average molecular weight is 480 g/mol. The van der Waals surface area contributed by atoms with E-state index in [9.17, 15) is 13.2 Å². The molecule has 0 aliphatic carbocycles. The summed E-state index contributed by atoms with van der Waals surface area (Å²) in [6.07, 6.45) is 1.44. The molecule has 0 saturated heterocycles. The van der Waals surface area contributed by atoms with Crippen LogP contribution in [0, 0.1) is 13.8 Å². The van der Waals surface area contributed by atoms with Gasteiger partial charge in [0.2, 0.25) is 0 Å². The number of benzene rings is 3. The zero-order valence-corrected chi connectivity index (χ0v) is 19.7. The summed E-state index contributed by atoms with van der Waals surface area (Å²) in [5.41, 5.74) is 5.22. The number of carbonyl (C=O) groups excluding carboxylic acids is 1. The minimum absolute atomic E-state index is 0.0966. The SMILES string of the molecule is Cc1ccc(N(CC(=O)N/N=C/c2cccc3c2OCCO3)S(=O)(=O)c2ccccc2)c(C)c1. The van der Waals surface area contributed by atoms with Gasteiger partial charge in [-0.1, -0.05) is 42.0 Å². The summed E-state index contributed by atoms with van der Waals surface area (Å²) in [6, 6.07) is 18.8. The number of anilines is 1. The summed E-state index contributed by atoms with van der Waals surface area (Å²) in [7, 11) is -3.99. The highest BCUT2D eigenvalue weighted by atomic mass is 32.2. The molecule has 1 aliphatic heterocycles. The molecular weight excluding hydrogens is 454 g/mol. The number of nitrogens with zero attached hydrogens (tertiary/aromatic N) is 2. The number of rotatable bonds is 7. The molecule has 8 nitrogen and oxygen atoms in total. The van der Waals surface area contributed by atoms with Crippen LogP contribution in [0.4, 0.5) is 5.69 Å². The number of carbonyl (C=O) groups is 1. The van der Waals surface area contributed by atoms with E-state index in [1.54, 1.807) is 42.5 Å². The lowest BCUT2D eigenvalue weighted by Crippen LogP contribution is -2.40. The van der Waals surface area contributed by atoms with Crippen molar-refractivity contribution in [3.8, 4) is 11.5 Å². The van der Waals surface area contributed by atoms with Crippen LogP contribution in [0.25, 0.3) is 0 Å². The number of amides is 1. The molecule has 0 atom stereocenters. The first-order valence-electron chi connectivity index (χ1n) is 10.7. The number of hydrogen-bond donors (Lipinski definition) is 1. The lowest BCUT2D eigenvalue weighted by Gasteiger charge is -2.25. The highest BCUT2D eigenvalue weighted by Crippen LogP contribution is 2.32. The molecule has 1 aliphatic rings. The molecule has 0 spiro atoms. The van der Waals surface area contributed by atoms with Gasteiger partial charge in [0.15, 0.2) is 11.5 Å². The predicted octanol–water partition coefficient (Wildman–Crippen LogP) is 3.42. The van der Waals surface area contributed by atoms with Crippen LogP contribution >= 0.6 is 0 Å². The Morgan fingerprint density at radius 3 is 2.56 bits per heavy atom. The van der Waals surface area contributed by atoms with Gasteiger partial charge in [0, 0.05) is 5.56 Å². The highest BCUT2D eigenvalue weighted by molar-refractivity contribution is 7.92. The molecule has 3 aromatic carbocycles. The Kier molecular flexibility index (Phi) is 6.83. The first kappa shape index (κ1) is 23.3. The highest BCUT2D eigenvalue weighted by Gasteiger charge is 2.28. The molecule has 1 N–H and O–H groups in total. The fourth-order valence-electron chi connectivity index (χ4n) is 3.64. The minimum atomic E-state index is -3.99. The topological polar surface area (TPSA) is 97.3 Å². The van der Waals surface area contributed by atoms with Gasteiger partial charge in [-0.2, -0.15) is 5.10 Å². The molecule has 9 heteroatoms. The molecule has 34 heavy (non-hydrogen) atoms. The van der Waals surface area contributed by atoms with Crippen molar-refractivity contribution in [2.45, 2.75) is 18.7 Å². The molecule has 0 unspecified atom stereocenters. The first-order valence-corrected chi connectivity index (χ1v) is 12.2. The van der Waals surface area contributed by atoms with E-state index in [2.05, 4.69) is 10.5 Å². The molecule has 0 saturated carbocycles. The largest absolute Gasteiger partial charge is 0.486 e. The van der Waals surface area contributed by atoms with E-state index < -0.39 is 22.5 Å². The molecule has 0 fully saturated rings. The van der Waals surface area contributed by atoms with E-state index in [1.165, 1.54) is 18.3 Å². The maximum Gasteiger partial charge on any atom is 0.264 e. The Balaban J connectivity index is 1.57. The van der Waals surface area contributed by atoms with E-state index in [4.69, 9.17) is 9.47 Å². The summed E-state index contributed by atoms with van der Waals surface area (Å²) in [4.78, 5) is 12.9. The molecule has 4 rings (SSSR count). The number of hydrazone groups is 1. The first-order chi connectivity index (χ1) is 16.4. The smallest absolute Gasteiger partial charge is 0.264 e. The van der Waals surface area contributed by atoms with Crippen molar-refractivity contribution in [3.63, 3.8) is 0 Å². The lowest BCUT2D eigenvalue weighted by atomic mass is 10.1. The van der Waals surface area contributed by atoms with Gasteiger partial charge in [-0.05, 0) is 49.7 Å². The van der Waals surface area contributed by atoms with Gasteiger partial charge in [0.1, 0.15) is 19.8 Å². The third kappa shape index (κ3) is 5.04. The molecule has 0 bridgehead atoms. The van der Waals surface area contributed by atoms with Crippen molar-refractivity contribution in [2.75, 3.05) is 24.1 Å². The number of para-hydroxylation sites is 1. The van der Waals surface area contributed by atoms with Crippen molar-refractivity contribution >= 4 is 27.8 Å². The van der Waals surface area contributed by atoms with Crippen molar-refractivity contribution < 1.29 is 22.7 Å². The average Bonchev–Trinajstić information content (AvgIpc) is 2.83. The van der Waals surface area contributed by atoms with Crippen molar-refractivity contribution in [3.05, 3.63) is 83.4 Å². The minimum Gasteiger partial charge on any atom is -0.486 e. The third-order valence-corrected chi connectivity index (χ3v) is 7.00. The van der Waals surface area contributed by atoms with Gasteiger partial charge in [0.05, 0.1) is 16.8 Å². The number of ether oxygens (including phenoxy) is 2. The van der Waals surface area contributed by atoms with Gasteiger partial charge >= 0.3 is 0 Å². The molecule has 0 aromatic heterocycles. The summed E-state index contributed by atoms with van der Waals surface area (Å²) in [5.74, 6) is 0.574. The molecule has 3 aromatic rings.